The van der Waals surface area contributed by atoms with Gasteiger partial charge in [-0.3, -0.25) is 4.57 Å². The van der Waals surface area contributed by atoms with Gasteiger partial charge in [0.25, 0.3) is 0 Å². The van der Waals surface area contributed by atoms with Crippen LogP contribution in [-0.4, -0.2) is 10.4 Å². The van der Waals surface area contributed by atoms with Gasteiger partial charge in [-0.05, 0) is 42.7 Å². The molecule has 0 saturated heterocycles. The molecule has 192 valence electrons. The number of fused-ring (bicyclic) bond motifs is 7. The summed E-state index contributed by atoms with van der Waals surface area (Å²) in [4.78, 5) is 7.81. The zero-order valence-corrected chi connectivity index (χ0v) is 23.3. The first-order chi connectivity index (χ1) is 19.7. The molecule has 0 amide bonds. The van der Waals surface area contributed by atoms with Gasteiger partial charge in [0, 0.05) is 31.9 Å². The van der Waals surface area contributed by atoms with Crippen molar-refractivity contribution >= 4 is 34.2 Å². The number of hydrogen-bond acceptors (Lipinski definition) is 2. The summed E-state index contributed by atoms with van der Waals surface area (Å²) in [6.45, 7) is 4.20. The Kier molecular flexibility index (Phi) is 6.22. The van der Waals surface area contributed by atoms with Crippen LogP contribution in [0.2, 0.25) is 0 Å². The average Bonchev–Trinajstić information content (AvgIpc) is 3.28. The number of aliphatic imine (C=N–C) groups is 1. The third-order valence-electron chi connectivity index (χ3n) is 7.54. The molecule has 0 unspecified atom stereocenters. The highest BCUT2D eigenvalue weighted by molar-refractivity contribution is 7.99. The molecule has 0 fully saturated rings. The molecular formula is C37H28N2S. The van der Waals surface area contributed by atoms with Gasteiger partial charge in [0.05, 0.1) is 16.9 Å². The summed E-state index contributed by atoms with van der Waals surface area (Å²) < 4.78 is 2.40. The van der Waals surface area contributed by atoms with Gasteiger partial charge in [-0.2, -0.15) is 0 Å². The van der Waals surface area contributed by atoms with Crippen LogP contribution in [-0.2, 0) is 0 Å². The zero-order valence-electron chi connectivity index (χ0n) is 22.5. The summed E-state index contributed by atoms with van der Waals surface area (Å²) in [5.41, 5.74) is 10.6. The lowest BCUT2D eigenvalue weighted by molar-refractivity contribution is 1.18. The lowest BCUT2D eigenvalue weighted by atomic mass is 9.96. The fourth-order valence-electron chi connectivity index (χ4n) is 5.80. The second kappa shape index (κ2) is 10.2. The molecule has 0 bridgehead atoms. The van der Waals surface area contributed by atoms with E-state index < -0.39 is 0 Å². The Morgan fingerprint density at radius 3 is 1.98 bits per heavy atom. The van der Waals surface area contributed by atoms with Crippen molar-refractivity contribution in [3.8, 4) is 33.5 Å². The smallest absolute Gasteiger partial charge is 0.111 e. The second-order valence-electron chi connectivity index (χ2n) is 9.92. The van der Waals surface area contributed by atoms with Crippen molar-refractivity contribution in [3.05, 3.63) is 139 Å². The molecule has 5 aromatic carbocycles. The minimum absolute atomic E-state index is 0.936. The Morgan fingerprint density at radius 1 is 0.650 bits per heavy atom. The molecule has 2 nitrogen and oxygen atoms in total. The van der Waals surface area contributed by atoms with E-state index >= 15 is 0 Å². The Labute approximate surface area is 239 Å². The third kappa shape index (κ3) is 4.02. The minimum Gasteiger partial charge on any atom is -0.296 e. The number of rotatable bonds is 3. The van der Waals surface area contributed by atoms with Crippen LogP contribution < -0.4 is 0 Å². The summed E-state index contributed by atoms with van der Waals surface area (Å²) in [7, 11) is 0. The lowest BCUT2D eigenvalue weighted by Crippen LogP contribution is -2.10. The summed E-state index contributed by atoms with van der Waals surface area (Å²) in [5, 5.41) is 1.23. The molecule has 2 heterocycles. The molecule has 0 atom stereocenters. The van der Waals surface area contributed by atoms with Crippen molar-refractivity contribution in [1.82, 2.24) is 4.57 Å². The Bertz CT molecular complexity index is 1930. The van der Waals surface area contributed by atoms with Crippen LogP contribution in [0.25, 0.3) is 50.1 Å². The summed E-state index contributed by atoms with van der Waals surface area (Å²) in [6, 6.07) is 45.4. The van der Waals surface area contributed by atoms with E-state index in [2.05, 4.69) is 146 Å². The van der Waals surface area contributed by atoms with Crippen molar-refractivity contribution in [2.45, 2.75) is 23.6 Å². The lowest BCUT2D eigenvalue weighted by Gasteiger charge is -2.16. The summed E-state index contributed by atoms with van der Waals surface area (Å²) in [5.74, 6) is 0.936. The van der Waals surface area contributed by atoms with Crippen molar-refractivity contribution in [1.29, 1.82) is 0 Å². The van der Waals surface area contributed by atoms with Gasteiger partial charge >= 0.3 is 0 Å². The molecule has 7 rings (SSSR count). The molecule has 0 aliphatic carbocycles. The van der Waals surface area contributed by atoms with E-state index in [9.17, 15) is 0 Å². The normalized spacial score (nSPS) is 12.9. The topological polar surface area (TPSA) is 17.3 Å². The van der Waals surface area contributed by atoms with Crippen LogP contribution in [0.3, 0.4) is 0 Å². The first-order valence-electron chi connectivity index (χ1n) is 13.6. The van der Waals surface area contributed by atoms with Gasteiger partial charge in [0.1, 0.15) is 5.84 Å². The molecule has 1 aliphatic heterocycles. The van der Waals surface area contributed by atoms with Crippen LogP contribution >= 0.6 is 11.8 Å². The number of aromatic nitrogens is 1. The molecule has 1 aliphatic rings. The molecular weight excluding hydrogens is 504 g/mol. The summed E-state index contributed by atoms with van der Waals surface area (Å²) >= 11 is 1.84. The van der Waals surface area contributed by atoms with E-state index in [0.29, 0.717) is 0 Å². The van der Waals surface area contributed by atoms with E-state index in [1.165, 1.54) is 54.2 Å². The van der Waals surface area contributed by atoms with Gasteiger partial charge in [-0.25, -0.2) is 4.99 Å². The number of hydrogen-bond donors (Lipinski definition) is 0. The van der Waals surface area contributed by atoms with Crippen molar-refractivity contribution in [3.63, 3.8) is 0 Å². The predicted octanol–water partition coefficient (Wildman–Crippen LogP) is 10.4. The van der Waals surface area contributed by atoms with E-state index in [-0.39, 0.29) is 0 Å². The van der Waals surface area contributed by atoms with Gasteiger partial charge < -0.3 is 0 Å². The van der Waals surface area contributed by atoms with Crippen LogP contribution in [0.1, 0.15) is 19.4 Å². The number of nitrogens with zero attached hydrogens (tertiary/aromatic N) is 2. The highest BCUT2D eigenvalue weighted by Crippen LogP contribution is 2.52. The van der Waals surface area contributed by atoms with E-state index in [0.717, 1.165) is 17.1 Å². The van der Waals surface area contributed by atoms with Gasteiger partial charge in [-0.15, -0.1) is 0 Å². The average molecular weight is 533 g/mol. The minimum atomic E-state index is 0.936. The molecule has 6 aromatic rings. The maximum Gasteiger partial charge on any atom is 0.111 e. The molecule has 3 heteroatoms. The van der Waals surface area contributed by atoms with Crippen molar-refractivity contribution in [2.24, 2.45) is 4.99 Å². The van der Waals surface area contributed by atoms with E-state index in [1.54, 1.807) is 0 Å². The second-order valence-corrected chi connectivity index (χ2v) is 11.0. The van der Waals surface area contributed by atoms with Crippen LogP contribution in [0.15, 0.2) is 148 Å². The Morgan fingerprint density at radius 2 is 1.25 bits per heavy atom. The number of para-hydroxylation sites is 1. The molecule has 1 aromatic heterocycles. The largest absolute Gasteiger partial charge is 0.296 e. The Hall–Kier alpha value is -4.60. The number of allylic oxidation sites excluding steroid dienone is 1. The number of benzene rings is 5. The first-order valence-corrected chi connectivity index (χ1v) is 14.4. The molecule has 0 N–H and O–H groups in total. The fourth-order valence-corrected chi connectivity index (χ4v) is 6.89. The van der Waals surface area contributed by atoms with Crippen LogP contribution in [0, 0.1) is 0 Å². The zero-order chi connectivity index (χ0) is 27.1. The van der Waals surface area contributed by atoms with Crippen LogP contribution in [0.4, 0.5) is 0 Å². The highest BCUT2D eigenvalue weighted by Gasteiger charge is 2.29. The first kappa shape index (κ1) is 24.4. The maximum absolute atomic E-state index is 5.29. The maximum atomic E-state index is 5.29. The molecule has 0 radical (unpaired) electrons. The SMILES string of the molecule is C/C=C(\N=C(C)n1c2c(c3cccc(-c4ccccc4)c31)-c1ccccc1Sc1ccccc1-2)c1ccccc1. The van der Waals surface area contributed by atoms with Gasteiger partial charge in [0.15, 0.2) is 0 Å². The fraction of sp³-hybridized carbons (Fsp3) is 0.0541. The monoisotopic (exact) mass is 532 g/mol. The third-order valence-corrected chi connectivity index (χ3v) is 8.69. The van der Waals surface area contributed by atoms with Gasteiger partial charge in [0.2, 0.25) is 0 Å². The Balaban J connectivity index is 1.64. The molecule has 0 saturated carbocycles. The molecule has 0 spiro atoms. The van der Waals surface area contributed by atoms with Crippen molar-refractivity contribution < 1.29 is 0 Å². The van der Waals surface area contributed by atoms with E-state index in [4.69, 9.17) is 4.99 Å². The standard InChI is InChI=1S/C37H28N2S/c1-3-32(27-17-8-5-9-18-27)38-25(2)39-36-28(26-15-6-4-7-16-26)21-14-22-31(36)35-29-19-10-12-23-33(29)40-34-24-13-11-20-30(34)37(35)39/h3-24H,1-2H3/b32-3-,38-25?. The molecule has 40 heavy (non-hydrogen) atoms. The predicted molar refractivity (Wildman–Crippen MR) is 171 cm³/mol. The van der Waals surface area contributed by atoms with Crippen LogP contribution in [0.5, 0.6) is 0 Å². The van der Waals surface area contributed by atoms with E-state index in [1.807, 2.05) is 17.8 Å². The van der Waals surface area contributed by atoms with Gasteiger partial charge in [-0.1, -0.05) is 133 Å². The summed E-state index contributed by atoms with van der Waals surface area (Å²) in [6.07, 6.45) is 2.10. The quantitative estimate of drug-likeness (QED) is 0.163. The highest BCUT2D eigenvalue weighted by atomic mass is 32.2. The van der Waals surface area contributed by atoms with Crippen molar-refractivity contribution in [2.75, 3.05) is 0 Å².